The van der Waals surface area contributed by atoms with Gasteiger partial charge in [-0.2, -0.15) is 5.26 Å². The second kappa shape index (κ2) is 6.50. The van der Waals surface area contributed by atoms with E-state index < -0.39 is 0 Å². The Bertz CT molecular complexity index is 748. The Morgan fingerprint density at radius 3 is 2.32 bits per heavy atom. The van der Waals surface area contributed by atoms with E-state index in [1.54, 1.807) is 23.9 Å². The number of rotatable bonds is 3. The van der Waals surface area contributed by atoms with Crippen molar-refractivity contribution in [2.75, 3.05) is 17.2 Å². The number of nitrogens with zero attached hydrogens (tertiary/aromatic N) is 2. The molecule has 0 bridgehead atoms. The number of ketones is 1. The number of allylic oxidation sites excluding steroid dienone is 1. The van der Waals surface area contributed by atoms with Crippen molar-refractivity contribution in [2.45, 2.75) is 0 Å². The molecule has 0 atom stereocenters. The molecule has 22 heavy (non-hydrogen) atoms. The topological polar surface area (TPSA) is 44.1 Å². The largest absolute Gasteiger partial charge is 0.334 e. The maximum atomic E-state index is 12.6. The third kappa shape index (κ3) is 2.76. The summed E-state index contributed by atoms with van der Waals surface area (Å²) in [5, 5.41) is 10.3. The molecule has 2 aromatic carbocycles. The van der Waals surface area contributed by atoms with Gasteiger partial charge in [-0.15, -0.1) is 11.8 Å². The molecule has 3 rings (SSSR count). The fourth-order valence-corrected chi connectivity index (χ4v) is 3.51. The molecule has 0 unspecified atom stereocenters. The van der Waals surface area contributed by atoms with Crippen molar-refractivity contribution in [1.82, 2.24) is 0 Å². The molecular weight excluding hydrogens is 292 g/mol. The molecule has 108 valence electrons. The van der Waals surface area contributed by atoms with Crippen LogP contribution in [0, 0.1) is 11.3 Å². The number of anilines is 1. The minimum absolute atomic E-state index is 0.214. The van der Waals surface area contributed by atoms with Crippen LogP contribution in [0.5, 0.6) is 0 Å². The molecule has 4 heteroatoms. The van der Waals surface area contributed by atoms with Crippen LogP contribution in [0.4, 0.5) is 5.69 Å². The highest BCUT2D eigenvalue weighted by Crippen LogP contribution is 2.35. The zero-order valence-electron chi connectivity index (χ0n) is 11.9. The molecule has 1 fully saturated rings. The van der Waals surface area contributed by atoms with Gasteiger partial charge in [0.05, 0.1) is 5.03 Å². The fraction of sp³-hybridized carbons (Fsp3) is 0.111. The van der Waals surface area contributed by atoms with E-state index in [2.05, 4.69) is 6.07 Å². The van der Waals surface area contributed by atoms with Gasteiger partial charge in [0.25, 0.3) is 0 Å². The zero-order valence-corrected chi connectivity index (χ0v) is 12.7. The average molecular weight is 306 g/mol. The minimum atomic E-state index is -0.214. The van der Waals surface area contributed by atoms with Crippen molar-refractivity contribution in [3.63, 3.8) is 0 Å². The van der Waals surface area contributed by atoms with Gasteiger partial charge in [-0.3, -0.25) is 4.79 Å². The molecule has 1 heterocycles. The Kier molecular flexibility index (Phi) is 4.27. The van der Waals surface area contributed by atoms with Crippen molar-refractivity contribution in [3.8, 4) is 6.07 Å². The predicted octanol–water partition coefficient (Wildman–Crippen LogP) is 3.86. The van der Waals surface area contributed by atoms with Crippen LogP contribution in [0.3, 0.4) is 0 Å². The monoisotopic (exact) mass is 306 g/mol. The van der Waals surface area contributed by atoms with Crippen LogP contribution < -0.4 is 4.90 Å². The lowest BCUT2D eigenvalue weighted by atomic mass is 10.1. The van der Waals surface area contributed by atoms with Gasteiger partial charge in [-0.25, -0.2) is 0 Å². The molecule has 0 saturated carbocycles. The number of hydrogen-bond donors (Lipinski definition) is 0. The number of carbonyl (C=O) groups excluding carboxylic acids is 1. The van der Waals surface area contributed by atoms with Crippen LogP contribution in [-0.2, 0) is 0 Å². The van der Waals surface area contributed by atoms with E-state index in [0.29, 0.717) is 5.56 Å². The molecule has 0 amide bonds. The van der Waals surface area contributed by atoms with Crippen LogP contribution in [0.15, 0.2) is 71.3 Å². The van der Waals surface area contributed by atoms with E-state index in [1.165, 1.54) is 0 Å². The summed E-state index contributed by atoms with van der Waals surface area (Å²) in [4.78, 5) is 14.7. The predicted molar refractivity (Wildman–Crippen MR) is 89.7 cm³/mol. The smallest absolute Gasteiger partial charge is 0.206 e. The number of benzene rings is 2. The molecule has 0 aliphatic carbocycles. The standard InChI is InChI=1S/C18H14N2OS/c19-13-16(17(21)14-7-3-1-4-8-14)18-20(11-12-22-18)15-9-5-2-6-10-15/h1-10H,11-12H2/b18-16+. The Morgan fingerprint density at radius 2 is 1.68 bits per heavy atom. The Balaban J connectivity index is 2.02. The first kappa shape index (κ1) is 14.4. The second-order valence-corrected chi connectivity index (χ2v) is 5.91. The zero-order chi connectivity index (χ0) is 15.4. The number of Topliss-reactive ketones (excluding diaryl/α,β-unsaturated/α-hetero) is 1. The summed E-state index contributed by atoms with van der Waals surface area (Å²) in [6, 6.07) is 20.9. The lowest BCUT2D eigenvalue weighted by Crippen LogP contribution is -2.19. The number of hydrogen-bond acceptors (Lipinski definition) is 4. The third-order valence-electron chi connectivity index (χ3n) is 3.46. The van der Waals surface area contributed by atoms with Gasteiger partial charge in [-0.05, 0) is 12.1 Å². The van der Waals surface area contributed by atoms with Crippen LogP contribution in [-0.4, -0.2) is 18.1 Å². The lowest BCUT2D eigenvalue weighted by molar-refractivity contribution is 0.103. The number of thioether (sulfide) groups is 1. The molecule has 2 aromatic rings. The van der Waals surface area contributed by atoms with Gasteiger partial charge in [-0.1, -0.05) is 48.5 Å². The van der Waals surface area contributed by atoms with Gasteiger partial charge in [0, 0.05) is 23.5 Å². The summed E-state index contributed by atoms with van der Waals surface area (Å²) in [5.74, 6) is 0.658. The van der Waals surface area contributed by atoms with Crippen molar-refractivity contribution in [1.29, 1.82) is 5.26 Å². The normalized spacial score (nSPS) is 16.2. The minimum Gasteiger partial charge on any atom is -0.334 e. The molecular formula is C18H14N2OS. The van der Waals surface area contributed by atoms with Crippen LogP contribution in [0.1, 0.15) is 10.4 Å². The molecule has 0 spiro atoms. The summed E-state index contributed by atoms with van der Waals surface area (Å²) in [5.41, 5.74) is 1.78. The van der Waals surface area contributed by atoms with E-state index >= 15 is 0 Å². The van der Waals surface area contributed by atoms with Crippen LogP contribution in [0.25, 0.3) is 0 Å². The third-order valence-corrected chi connectivity index (χ3v) is 4.54. The Labute approximate surface area is 133 Å². The number of para-hydroxylation sites is 1. The molecule has 0 N–H and O–H groups in total. The maximum Gasteiger partial charge on any atom is 0.206 e. The quantitative estimate of drug-likeness (QED) is 0.491. The van der Waals surface area contributed by atoms with E-state index in [0.717, 1.165) is 23.0 Å². The first-order valence-corrected chi connectivity index (χ1v) is 7.99. The van der Waals surface area contributed by atoms with Gasteiger partial charge < -0.3 is 4.90 Å². The molecule has 1 saturated heterocycles. The molecule has 1 aliphatic rings. The van der Waals surface area contributed by atoms with Crippen molar-refractivity contribution in [3.05, 3.63) is 76.8 Å². The molecule has 0 radical (unpaired) electrons. The summed E-state index contributed by atoms with van der Waals surface area (Å²) in [7, 11) is 0. The average Bonchev–Trinajstić information content (AvgIpc) is 3.06. The van der Waals surface area contributed by atoms with E-state index in [9.17, 15) is 10.1 Å². The van der Waals surface area contributed by atoms with Crippen molar-refractivity contribution in [2.24, 2.45) is 0 Å². The van der Waals surface area contributed by atoms with Crippen molar-refractivity contribution < 1.29 is 4.79 Å². The van der Waals surface area contributed by atoms with E-state index in [1.807, 2.05) is 53.4 Å². The summed E-state index contributed by atoms with van der Waals surface area (Å²) in [6.45, 7) is 0.803. The first-order valence-electron chi connectivity index (χ1n) is 7.01. The van der Waals surface area contributed by atoms with Gasteiger partial charge in [0.15, 0.2) is 0 Å². The highest BCUT2D eigenvalue weighted by atomic mass is 32.2. The van der Waals surface area contributed by atoms with Gasteiger partial charge >= 0.3 is 0 Å². The fourth-order valence-electron chi connectivity index (χ4n) is 2.40. The summed E-state index contributed by atoms with van der Waals surface area (Å²) in [6.07, 6.45) is 0. The molecule has 1 aliphatic heterocycles. The molecule has 3 nitrogen and oxygen atoms in total. The number of carbonyl (C=O) groups is 1. The van der Waals surface area contributed by atoms with Crippen LogP contribution >= 0.6 is 11.8 Å². The van der Waals surface area contributed by atoms with E-state index in [4.69, 9.17) is 0 Å². The second-order valence-electron chi connectivity index (χ2n) is 4.82. The Morgan fingerprint density at radius 1 is 1.05 bits per heavy atom. The number of nitriles is 1. The lowest BCUT2D eigenvalue weighted by Gasteiger charge is -2.20. The summed E-state index contributed by atoms with van der Waals surface area (Å²) >= 11 is 1.56. The SMILES string of the molecule is N#C/C(C(=O)c1ccccc1)=C1\SCCN1c1ccccc1. The maximum absolute atomic E-state index is 12.6. The van der Waals surface area contributed by atoms with Crippen LogP contribution in [0.2, 0.25) is 0 Å². The highest BCUT2D eigenvalue weighted by molar-refractivity contribution is 8.03. The summed E-state index contributed by atoms with van der Waals surface area (Å²) < 4.78 is 0. The highest BCUT2D eigenvalue weighted by Gasteiger charge is 2.27. The van der Waals surface area contributed by atoms with Crippen molar-refractivity contribution >= 4 is 23.2 Å². The Hall–Kier alpha value is -2.51. The van der Waals surface area contributed by atoms with E-state index in [-0.39, 0.29) is 11.4 Å². The molecule has 0 aromatic heterocycles. The van der Waals surface area contributed by atoms with Gasteiger partial charge in [0.1, 0.15) is 11.6 Å². The first-order chi connectivity index (χ1) is 10.8. The van der Waals surface area contributed by atoms with Gasteiger partial charge in [0.2, 0.25) is 5.78 Å².